The Kier molecular flexibility index (Phi) is 5.98. The van der Waals surface area contributed by atoms with E-state index in [0.717, 1.165) is 55.6 Å². The lowest BCUT2D eigenvalue weighted by Gasteiger charge is -2.38. The summed E-state index contributed by atoms with van der Waals surface area (Å²) in [5.74, 6) is -3.24. The van der Waals surface area contributed by atoms with E-state index < -0.39 is 23.1 Å². The van der Waals surface area contributed by atoms with Crippen LogP contribution in [0.5, 0.6) is 0 Å². The lowest BCUT2D eigenvalue weighted by molar-refractivity contribution is 0.00978. The first-order valence-corrected chi connectivity index (χ1v) is 10.2. The van der Waals surface area contributed by atoms with Crippen molar-refractivity contribution >= 4 is 0 Å². The molecule has 0 nitrogen and oxygen atoms in total. The Morgan fingerprint density at radius 1 is 0.846 bits per heavy atom. The number of rotatable bonds is 4. The molecular formula is C22H30F4. The Bertz CT molecular complexity index is 580. The monoisotopic (exact) mass is 370 g/mol. The zero-order chi connectivity index (χ0) is 18.9. The molecule has 2 saturated carbocycles. The van der Waals surface area contributed by atoms with Gasteiger partial charge in [0.15, 0.2) is 0 Å². The van der Waals surface area contributed by atoms with Gasteiger partial charge >= 0.3 is 0 Å². The third-order valence-electron chi connectivity index (χ3n) is 6.88. The molecule has 0 aliphatic heterocycles. The highest BCUT2D eigenvalue weighted by Gasteiger charge is 2.35. The second kappa shape index (κ2) is 7.90. The van der Waals surface area contributed by atoms with Crippen LogP contribution in [0.25, 0.3) is 0 Å². The topological polar surface area (TPSA) is 0 Å². The van der Waals surface area contributed by atoms with Gasteiger partial charge in [-0.15, -0.1) is 0 Å². The summed E-state index contributed by atoms with van der Waals surface area (Å²) in [5, 5.41) is 0. The van der Waals surface area contributed by atoms with E-state index in [1.807, 2.05) is 0 Å². The quantitative estimate of drug-likeness (QED) is 0.480. The van der Waals surface area contributed by atoms with Gasteiger partial charge in [0, 0.05) is 6.92 Å². The predicted octanol–water partition coefficient (Wildman–Crippen LogP) is 7.57. The minimum Gasteiger partial charge on any atom is -0.206 e. The molecule has 0 amide bonds. The maximum Gasteiger partial charge on any atom is 0.276 e. The smallest absolute Gasteiger partial charge is 0.206 e. The van der Waals surface area contributed by atoms with Gasteiger partial charge in [0.25, 0.3) is 5.92 Å². The van der Waals surface area contributed by atoms with Gasteiger partial charge < -0.3 is 0 Å². The minimum atomic E-state index is -3.50. The molecule has 146 valence electrons. The first-order chi connectivity index (χ1) is 12.3. The largest absolute Gasteiger partial charge is 0.276 e. The molecule has 3 rings (SSSR count). The Hall–Kier alpha value is -1.06. The van der Waals surface area contributed by atoms with E-state index in [0.29, 0.717) is 12.5 Å². The predicted molar refractivity (Wildman–Crippen MR) is 96.4 cm³/mol. The summed E-state index contributed by atoms with van der Waals surface area (Å²) in [5.41, 5.74) is -0.566. The number of alkyl halides is 2. The van der Waals surface area contributed by atoms with Crippen molar-refractivity contribution in [1.82, 2.24) is 0 Å². The maximum atomic E-state index is 14.1. The van der Waals surface area contributed by atoms with Crippen LogP contribution in [-0.2, 0) is 5.92 Å². The van der Waals surface area contributed by atoms with Gasteiger partial charge in [-0.25, -0.2) is 17.6 Å². The van der Waals surface area contributed by atoms with Crippen molar-refractivity contribution in [2.75, 3.05) is 0 Å². The highest BCUT2D eigenvalue weighted by Crippen LogP contribution is 2.45. The van der Waals surface area contributed by atoms with Crippen molar-refractivity contribution in [3.05, 3.63) is 34.9 Å². The summed E-state index contributed by atoms with van der Waals surface area (Å²) in [6.45, 7) is 2.81. The second-order valence-electron chi connectivity index (χ2n) is 8.55. The zero-order valence-corrected chi connectivity index (χ0v) is 15.8. The molecule has 0 unspecified atom stereocenters. The maximum absolute atomic E-state index is 14.1. The molecule has 2 fully saturated rings. The lowest BCUT2D eigenvalue weighted by Crippen LogP contribution is -2.25. The number of hydrogen-bond acceptors (Lipinski definition) is 0. The molecule has 0 N–H and O–H groups in total. The van der Waals surface area contributed by atoms with Crippen LogP contribution in [-0.4, -0.2) is 0 Å². The van der Waals surface area contributed by atoms with E-state index >= 15 is 0 Å². The fraction of sp³-hybridized carbons (Fsp3) is 0.727. The van der Waals surface area contributed by atoms with Crippen LogP contribution in [0.1, 0.15) is 88.7 Å². The molecule has 1 aromatic carbocycles. The van der Waals surface area contributed by atoms with Crippen LogP contribution >= 0.6 is 0 Å². The SMILES string of the molecule is CCC1CCC(C2CCC(c3cc(F)c(C(C)(F)F)c(F)c3)CC2)CC1. The van der Waals surface area contributed by atoms with Crippen molar-refractivity contribution < 1.29 is 17.6 Å². The van der Waals surface area contributed by atoms with Crippen LogP contribution in [0.4, 0.5) is 17.6 Å². The minimum absolute atomic E-state index is 0.0850. The van der Waals surface area contributed by atoms with Gasteiger partial charge in [-0.05, 0) is 79.9 Å². The summed E-state index contributed by atoms with van der Waals surface area (Å²) in [6, 6.07) is 2.26. The molecule has 0 atom stereocenters. The van der Waals surface area contributed by atoms with Gasteiger partial charge in [0.2, 0.25) is 0 Å². The number of hydrogen-bond donors (Lipinski definition) is 0. The first-order valence-electron chi connectivity index (χ1n) is 10.2. The fourth-order valence-electron chi connectivity index (χ4n) is 5.24. The summed E-state index contributed by atoms with van der Waals surface area (Å²) < 4.78 is 54.9. The van der Waals surface area contributed by atoms with E-state index in [1.54, 1.807) is 0 Å². The van der Waals surface area contributed by atoms with E-state index in [4.69, 9.17) is 0 Å². The van der Waals surface area contributed by atoms with Crippen molar-refractivity contribution in [2.45, 2.75) is 83.5 Å². The normalized spacial score (nSPS) is 30.4. The van der Waals surface area contributed by atoms with E-state index in [-0.39, 0.29) is 5.92 Å². The van der Waals surface area contributed by atoms with Crippen molar-refractivity contribution in [3.63, 3.8) is 0 Å². The van der Waals surface area contributed by atoms with Gasteiger partial charge in [-0.3, -0.25) is 0 Å². The summed E-state index contributed by atoms with van der Waals surface area (Å²) >= 11 is 0. The summed E-state index contributed by atoms with van der Waals surface area (Å²) in [6.07, 6.45) is 10.6. The lowest BCUT2D eigenvalue weighted by atomic mass is 9.68. The van der Waals surface area contributed by atoms with Crippen molar-refractivity contribution in [3.8, 4) is 0 Å². The summed E-state index contributed by atoms with van der Waals surface area (Å²) in [4.78, 5) is 0. The van der Waals surface area contributed by atoms with E-state index in [2.05, 4.69) is 6.92 Å². The Morgan fingerprint density at radius 2 is 1.31 bits per heavy atom. The molecular weight excluding hydrogens is 340 g/mol. The molecule has 0 saturated heterocycles. The van der Waals surface area contributed by atoms with Crippen LogP contribution < -0.4 is 0 Å². The van der Waals surface area contributed by atoms with Gasteiger partial charge in [-0.2, -0.15) is 0 Å². The van der Waals surface area contributed by atoms with Gasteiger partial charge in [0.05, 0.1) is 5.56 Å². The molecule has 0 spiro atoms. The average molecular weight is 370 g/mol. The molecule has 2 aliphatic rings. The van der Waals surface area contributed by atoms with E-state index in [9.17, 15) is 17.6 Å². The van der Waals surface area contributed by atoms with Gasteiger partial charge in [-0.1, -0.05) is 26.2 Å². The first kappa shape index (κ1) is 19.7. The van der Waals surface area contributed by atoms with Crippen LogP contribution in [0.2, 0.25) is 0 Å². The van der Waals surface area contributed by atoms with Crippen molar-refractivity contribution in [2.24, 2.45) is 17.8 Å². The number of halogens is 4. The zero-order valence-electron chi connectivity index (χ0n) is 15.8. The molecule has 0 radical (unpaired) electrons. The third-order valence-corrected chi connectivity index (χ3v) is 6.88. The molecule has 0 heterocycles. The summed E-state index contributed by atoms with van der Waals surface area (Å²) in [7, 11) is 0. The van der Waals surface area contributed by atoms with Crippen LogP contribution in [0.15, 0.2) is 12.1 Å². The molecule has 26 heavy (non-hydrogen) atoms. The Labute approximate surface area is 154 Å². The standard InChI is InChI=1S/C22H30F4/c1-3-14-4-6-15(7-5-14)16-8-10-17(11-9-16)18-12-19(23)21(20(24)13-18)22(2,25)26/h12-17H,3-11H2,1-2H3. The highest BCUT2D eigenvalue weighted by molar-refractivity contribution is 5.31. The van der Waals surface area contributed by atoms with Crippen molar-refractivity contribution in [1.29, 1.82) is 0 Å². The Balaban J connectivity index is 1.62. The van der Waals surface area contributed by atoms with E-state index in [1.165, 1.54) is 32.1 Å². The highest BCUT2D eigenvalue weighted by atomic mass is 19.3. The average Bonchev–Trinajstić information content (AvgIpc) is 2.60. The molecule has 2 aliphatic carbocycles. The molecule has 1 aromatic rings. The number of benzene rings is 1. The molecule has 4 heteroatoms. The van der Waals surface area contributed by atoms with Crippen LogP contribution in [0, 0.1) is 29.4 Å². The second-order valence-corrected chi connectivity index (χ2v) is 8.55. The Morgan fingerprint density at radius 3 is 1.73 bits per heavy atom. The molecule has 0 bridgehead atoms. The third kappa shape index (κ3) is 4.26. The van der Waals surface area contributed by atoms with Gasteiger partial charge in [0.1, 0.15) is 11.6 Å². The van der Waals surface area contributed by atoms with Crippen LogP contribution in [0.3, 0.4) is 0 Å². The fourth-order valence-corrected chi connectivity index (χ4v) is 5.24. The molecule has 0 aromatic heterocycles.